The summed E-state index contributed by atoms with van der Waals surface area (Å²) in [6.45, 7) is -0.0561. The lowest BCUT2D eigenvalue weighted by molar-refractivity contribution is 0.0468. The van der Waals surface area contributed by atoms with Crippen LogP contribution in [0.4, 0.5) is 0 Å². The van der Waals surface area contributed by atoms with Crippen LogP contribution in [0.25, 0.3) is 11.1 Å². The normalized spacial score (nSPS) is 12.0. The van der Waals surface area contributed by atoms with Gasteiger partial charge >= 0.3 is 5.97 Å². The van der Waals surface area contributed by atoms with Crippen LogP contribution in [0.5, 0.6) is 0 Å². The molecule has 1 heterocycles. The van der Waals surface area contributed by atoms with Crippen LogP contribution in [0.2, 0.25) is 4.34 Å². The fraction of sp³-hybridized carbons (Fsp3) is 0.0588. The van der Waals surface area contributed by atoms with Gasteiger partial charge in [0, 0.05) is 22.7 Å². The van der Waals surface area contributed by atoms with E-state index in [-0.39, 0.29) is 12.4 Å². The fourth-order valence-electron chi connectivity index (χ4n) is 2.66. The lowest BCUT2D eigenvalue weighted by Gasteiger charge is -2.05. The van der Waals surface area contributed by atoms with Crippen LogP contribution in [-0.2, 0) is 11.3 Å². The second kappa shape index (κ2) is 5.81. The Kier molecular flexibility index (Phi) is 3.63. The number of nitrogens with zero attached hydrogens (tertiary/aromatic N) is 2. The molecule has 4 rings (SSSR count). The van der Waals surface area contributed by atoms with Gasteiger partial charge < -0.3 is 4.74 Å². The first-order valence-corrected chi connectivity index (χ1v) is 8.22. The molecule has 0 amide bonds. The monoisotopic (exact) mass is 356 g/mol. The molecular weight excluding hydrogens is 348 g/mol. The van der Waals surface area contributed by atoms with Crippen LogP contribution in [0.15, 0.2) is 42.5 Å². The van der Waals surface area contributed by atoms with Gasteiger partial charge in [-0.1, -0.05) is 46.4 Å². The van der Waals surface area contributed by atoms with Crippen LogP contribution in [-0.4, -0.2) is 21.3 Å². The average Bonchev–Trinajstić information content (AvgIpc) is 3.15. The van der Waals surface area contributed by atoms with Gasteiger partial charge in [-0.3, -0.25) is 4.79 Å². The highest BCUT2D eigenvalue weighted by atomic mass is 35.5. The topological polar surface area (TPSA) is 69.2 Å². The molecule has 1 aliphatic carbocycles. The molecule has 0 fully saturated rings. The van der Waals surface area contributed by atoms with Gasteiger partial charge in [-0.25, -0.2) is 4.79 Å². The maximum atomic E-state index is 12.5. The van der Waals surface area contributed by atoms with Crippen LogP contribution >= 0.6 is 23.1 Å². The number of hydrogen-bond donors (Lipinski definition) is 0. The van der Waals surface area contributed by atoms with E-state index in [1.165, 1.54) is 0 Å². The van der Waals surface area contributed by atoms with Crippen molar-refractivity contribution in [2.75, 3.05) is 0 Å². The molecule has 0 bridgehead atoms. The Morgan fingerprint density at radius 3 is 2.58 bits per heavy atom. The molecule has 3 aromatic rings. The number of esters is 1. The highest BCUT2D eigenvalue weighted by Gasteiger charge is 2.27. The lowest BCUT2D eigenvalue weighted by Crippen LogP contribution is -2.07. The Bertz CT molecular complexity index is 983. The molecule has 0 aliphatic heterocycles. The molecule has 0 unspecified atom stereocenters. The number of carbonyl (C=O) groups excluding carboxylic acids is 2. The van der Waals surface area contributed by atoms with Crippen molar-refractivity contribution in [1.82, 2.24) is 9.59 Å². The second-order valence-electron chi connectivity index (χ2n) is 5.20. The van der Waals surface area contributed by atoms with Crippen molar-refractivity contribution in [3.8, 4) is 11.1 Å². The largest absolute Gasteiger partial charge is 0.455 e. The van der Waals surface area contributed by atoms with E-state index in [1.807, 2.05) is 18.2 Å². The van der Waals surface area contributed by atoms with Gasteiger partial charge in [-0.15, -0.1) is 5.10 Å². The molecule has 2 aromatic carbocycles. The zero-order valence-electron chi connectivity index (χ0n) is 12.2. The SMILES string of the molecule is O=C(OCc1nnsc1Cl)c1ccc2c(c1)C(=O)c1ccccc1-2. The quantitative estimate of drug-likeness (QED) is 0.523. The van der Waals surface area contributed by atoms with E-state index in [1.54, 1.807) is 24.3 Å². The average molecular weight is 357 g/mol. The molecule has 0 saturated carbocycles. The molecular formula is C17H9ClN2O3S. The highest BCUT2D eigenvalue weighted by molar-refractivity contribution is 7.10. The number of hydrogen-bond acceptors (Lipinski definition) is 6. The summed E-state index contributed by atoms with van der Waals surface area (Å²) < 4.78 is 9.26. The number of halogens is 1. The zero-order chi connectivity index (χ0) is 16.7. The molecule has 118 valence electrons. The van der Waals surface area contributed by atoms with Gasteiger partial charge in [0.25, 0.3) is 0 Å². The third-order valence-corrected chi connectivity index (χ3v) is 4.80. The van der Waals surface area contributed by atoms with Crippen molar-refractivity contribution in [3.63, 3.8) is 0 Å². The van der Waals surface area contributed by atoms with Gasteiger partial charge in [0.1, 0.15) is 16.6 Å². The van der Waals surface area contributed by atoms with E-state index in [4.69, 9.17) is 16.3 Å². The minimum atomic E-state index is -0.536. The van der Waals surface area contributed by atoms with Gasteiger partial charge in [-0.05, 0) is 23.3 Å². The molecule has 0 atom stereocenters. The highest BCUT2D eigenvalue weighted by Crippen LogP contribution is 2.36. The molecule has 7 heteroatoms. The van der Waals surface area contributed by atoms with Crippen molar-refractivity contribution >= 4 is 34.9 Å². The van der Waals surface area contributed by atoms with Crippen LogP contribution in [0.3, 0.4) is 0 Å². The number of fused-ring (bicyclic) bond motifs is 3. The van der Waals surface area contributed by atoms with Crippen LogP contribution in [0, 0.1) is 0 Å². The molecule has 1 aliphatic rings. The Labute approximate surface area is 146 Å². The fourth-order valence-corrected chi connectivity index (χ4v) is 3.26. The zero-order valence-corrected chi connectivity index (χ0v) is 13.7. The van der Waals surface area contributed by atoms with E-state index < -0.39 is 5.97 Å². The molecule has 0 N–H and O–H groups in total. The van der Waals surface area contributed by atoms with E-state index >= 15 is 0 Å². The third-order valence-electron chi connectivity index (χ3n) is 3.81. The molecule has 0 saturated heterocycles. The first-order chi connectivity index (χ1) is 11.6. The maximum Gasteiger partial charge on any atom is 0.338 e. The van der Waals surface area contributed by atoms with E-state index in [9.17, 15) is 9.59 Å². The van der Waals surface area contributed by atoms with Crippen molar-refractivity contribution in [1.29, 1.82) is 0 Å². The Morgan fingerprint density at radius 1 is 1.08 bits per heavy atom. The third kappa shape index (κ3) is 2.40. The molecule has 5 nitrogen and oxygen atoms in total. The smallest absolute Gasteiger partial charge is 0.338 e. The second-order valence-corrected chi connectivity index (χ2v) is 6.56. The van der Waals surface area contributed by atoms with Crippen LogP contribution < -0.4 is 0 Å². The number of aromatic nitrogens is 2. The Hall–Kier alpha value is -2.57. The summed E-state index contributed by atoms with van der Waals surface area (Å²) in [4.78, 5) is 24.7. The summed E-state index contributed by atoms with van der Waals surface area (Å²) >= 11 is 6.90. The maximum absolute atomic E-state index is 12.5. The summed E-state index contributed by atoms with van der Waals surface area (Å²) in [7, 11) is 0. The summed E-state index contributed by atoms with van der Waals surface area (Å²) in [5, 5.41) is 3.78. The number of ketones is 1. The van der Waals surface area contributed by atoms with Crippen molar-refractivity contribution < 1.29 is 14.3 Å². The summed E-state index contributed by atoms with van der Waals surface area (Å²) in [6.07, 6.45) is 0. The number of rotatable bonds is 3. The molecule has 24 heavy (non-hydrogen) atoms. The van der Waals surface area contributed by atoms with E-state index in [2.05, 4.69) is 9.59 Å². The number of benzene rings is 2. The predicted molar refractivity (Wildman–Crippen MR) is 89.3 cm³/mol. The molecule has 0 radical (unpaired) electrons. The number of ether oxygens (including phenoxy) is 1. The first kappa shape index (κ1) is 15.0. The minimum Gasteiger partial charge on any atom is -0.455 e. The first-order valence-electron chi connectivity index (χ1n) is 7.07. The number of carbonyl (C=O) groups is 2. The van der Waals surface area contributed by atoms with Gasteiger partial charge in [0.15, 0.2) is 5.78 Å². The van der Waals surface area contributed by atoms with Crippen molar-refractivity contribution in [3.05, 3.63) is 69.2 Å². The Morgan fingerprint density at radius 2 is 1.83 bits per heavy atom. The van der Waals surface area contributed by atoms with Gasteiger partial charge in [0.2, 0.25) is 0 Å². The molecule has 1 aromatic heterocycles. The van der Waals surface area contributed by atoms with Gasteiger partial charge in [-0.2, -0.15) is 0 Å². The summed E-state index contributed by atoms with van der Waals surface area (Å²) in [6, 6.07) is 12.4. The minimum absolute atomic E-state index is 0.0561. The lowest BCUT2D eigenvalue weighted by atomic mass is 10.0. The van der Waals surface area contributed by atoms with E-state index in [0.717, 1.165) is 22.7 Å². The van der Waals surface area contributed by atoms with E-state index in [0.29, 0.717) is 26.7 Å². The predicted octanol–water partition coefficient (Wildman–Crippen LogP) is 3.76. The molecule has 0 spiro atoms. The van der Waals surface area contributed by atoms with Crippen molar-refractivity contribution in [2.45, 2.75) is 6.61 Å². The summed E-state index contributed by atoms with van der Waals surface area (Å²) in [5.41, 5.74) is 3.61. The van der Waals surface area contributed by atoms with Crippen molar-refractivity contribution in [2.24, 2.45) is 0 Å². The summed E-state index contributed by atoms with van der Waals surface area (Å²) in [5.74, 6) is -0.618. The Balaban J connectivity index is 1.59. The standard InChI is InChI=1S/C17H9ClN2O3S/c18-16-14(19-20-24-16)8-23-17(22)9-5-6-11-10-3-1-2-4-12(10)15(21)13(11)7-9/h1-7H,8H2. The van der Waals surface area contributed by atoms with Gasteiger partial charge in [0.05, 0.1) is 5.56 Å². The van der Waals surface area contributed by atoms with Crippen LogP contribution in [0.1, 0.15) is 32.0 Å².